The van der Waals surface area contributed by atoms with Crippen LogP contribution in [0.2, 0.25) is 0 Å². The van der Waals surface area contributed by atoms with Gasteiger partial charge in [0, 0.05) is 29.9 Å². The number of rotatable bonds is 9. The van der Waals surface area contributed by atoms with E-state index in [1.165, 1.54) is 6.20 Å². The topological polar surface area (TPSA) is 99.7 Å². The molecule has 0 aliphatic rings. The first-order valence-corrected chi connectivity index (χ1v) is 8.81. The zero-order valence-corrected chi connectivity index (χ0v) is 16.7. The van der Waals surface area contributed by atoms with Gasteiger partial charge in [-0.25, -0.2) is 0 Å². The highest BCUT2D eigenvalue weighted by Gasteiger charge is 2.14. The summed E-state index contributed by atoms with van der Waals surface area (Å²) in [5.74, 6) is 3.27. The van der Waals surface area contributed by atoms with Gasteiger partial charge in [0.05, 0.1) is 34.6 Å². The Balaban J connectivity index is 1.76. The van der Waals surface area contributed by atoms with E-state index in [-0.39, 0.29) is 0 Å². The molecule has 3 rings (SSSR count). The molecule has 0 amide bonds. The highest BCUT2D eigenvalue weighted by atomic mass is 16.5. The molecule has 9 heteroatoms. The molecule has 2 N–H and O–H groups in total. The molecule has 0 bridgehead atoms. The summed E-state index contributed by atoms with van der Waals surface area (Å²) >= 11 is 0. The number of nitrogens with zero attached hydrogens (tertiary/aromatic N) is 3. The maximum Gasteiger partial charge on any atom is 0.244 e. The second-order valence-electron chi connectivity index (χ2n) is 5.87. The van der Waals surface area contributed by atoms with Gasteiger partial charge in [0.15, 0.2) is 17.3 Å². The highest BCUT2D eigenvalue weighted by Crippen LogP contribution is 2.40. The van der Waals surface area contributed by atoms with Gasteiger partial charge in [0.1, 0.15) is 5.75 Å². The Morgan fingerprint density at radius 2 is 1.55 bits per heavy atom. The van der Waals surface area contributed by atoms with Crippen molar-refractivity contribution in [1.82, 2.24) is 15.2 Å². The minimum atomic E-state index is 0.383. The van der Waals surface area contributed by atoms with E-state index < -0.39 is 0 Å². The molecular weight excluding hydrogens is 374 g/mol. The lowest BCUT2D eigenvalue weighted by Gasteiger charge is -2.15. The number of hydrogen-bond donors (Lipinski definition) is 2. The van der Waals surface area contributed by atoms with E-state index in [1.54, 1.807) is 40.6 Å². The van der Waals surface area contributed by atoms with Crippen molar-refractivity contribution in [2.75, 3.05) is 39.1 Å². The van der Waals surface area contributed by atoms with Gasteiger partial charge in [-0.05, 0) is 6.07 Å². The third kappa shape index (κ3) is 4.75. The van der Waals surface area contributed by atoms with Gasteiger partial charge in [0.2, 0.25) is 11.7 Å². The molecule has 3 aromatic rings. The number of anilines is 3. The lowest BCUT2D eigenvalue weighted by atomic mass is 10.2. The highest BCUT2D eigenvalue weighted by molar-refractivity contribution is 5.66. The van der Waals surface area contributed by atoms with Crippen LogP contribution in [0.25, 0.3) is 0 Å². The summed E-state index contributed by atoms with van der Waals surface area (Å²) in [5.41, 5.74) is 1.69. The van der Waals surface area contributed by atoms with Gasteiger partial charge < -0.3 is 29.6 Å². The molecule has 1 aromatic heterocycles. The molecule has 0 saturated heterocycles. The van der Waals surface area contributed by atoms with Crippen molar-refractivity contribution in [3.8, 4) is 23.0 Å². The summed E-state index contributed by atoms with van der Waals surface area (Å²) in [4.78, 5) is 4.44. The average Bonchev–Trinajstić information content (AvgIpc) is 2.77. The summed E-state index contributed by atoms with van der Waals surface area (Å²) in [6.07, 6.45) is 1.53. The first kappa shape index (κ1) is 20.0. The zero-order chi connectivity index (χ0) is 20.6. The van der Waals surface area contributed by atoms with Crippen molar-refractivity contribution in [3.05, 3.63) is 48.2 Å². The normalized spacial score (nSPS) is 10.2. The zero-order valence-electron chi connectivity index (χ0n) is 16.7. The summed E-state index contributed by atoms with van der Waals surface area (Å²) < 4.78 is 21.4. The smallest absolute Gasteiger partial charge is 0.244 e. The quantitative estimate of drug-likeness (QED) is 0.563. The Kier molecular flexibility index (Phi) is 6.51. The van der Waals surface area contributed by atoms with Crippen LogP contribution in [0.3, 0.4) is 0 Å². The number of ether oxygens (including phenoxy) is 4. The molecule has 0 fully saturated rings. The van der Waals surface area contributed by atoms with E-state index in [2.05, 4.69) is 25.8 Å². The van der Waals surface area contributed by atoms with Crippen LogP contribution < -0.4 is 29.6 Å². The number of nitrogens with one attached hydrogen (secondary N) is 2. The second kappa shape index (κ2) is 9.45. The molecule has 0 radical (unpaired) electrons. The van der Waals surface area contributed by atoms with Crippen molar-refractivity contribution in [1.29, 1.82) is 0 Å². The van der Waals surface area contributed by atoms with E-state index in [1.807, 2.05) is 24.3 Å². The first-order chi connectivity index (χ1) is 14.2. The van der Waals surface area contributed by atoms with Crippen LogP contribution in [0.5, 0.6) is 23.0 Å². The monoisotopic (exact) mass is 397 g/mol. The average molecular weight is 397 g/mol. The molecule has 1 heterocycles. The lowest BCUT2D eigenvalue weighted by Crippen LogP contribution is -2.07. The van der Waals surface area contributed by atoms with Crippen LogP contribution in [-0.4, -0.2) is 43.6 Å². The molecule has 0 spiro atoms. The SMILES string of the molecule is COc1ccccc1CNc1nncc(Nc2cc(OC)c(OC)c(OC)c2)n1. The van der Waals surface area contributed by atoms with Crippen molar-refractivity contribution in [3.63, 3.8) is 0 Å². The van der Waals surface area contributed by atoms with Crippen molar-refractivity contribution < 1.29 is 18.9 Å². The third-order valence-electron chi connectivity index (χ3n) is 4.13. The molecule has 0 aliphatic carbocycles. The van der Waals surface area contributed by atoms with Crippen LogP contribution in [0.1, 0.15) is 5.56 Å². The number of aromatic nitrogens is 3. The van der Waals surface area contributed by atoms with Gasteiger partial charge in [-0.2, -0.15) is 10.1 Å². The Morgan fingerprint density at radius 1 is 0.862 bits per heavy atom. The van der Waals surface area contributed by atoms with Gasteiger partial charge in [-0.3, -0.25) is 0 Å². The van der Waals surface area contributed by atoms with E-state index in [0.717, 1.165) is 11.3 Å². The summed E-state index contributed by atoms with van der Waals surface area (Å²) in [5, 5.41) is 14.3. The Morgan fingerprint density at radius 3 is 2.21 bits per heavy atom. The molecule has 0 aliphatic heterocycles. The fourth-order valence-electron chi connectivity index (χ4n) is 2.76. The molecular formula is C20H23N5O4. The number of para-hydroxylation sites is 1. The minimum absolute atomic E-state index is 0.383. The molecule has 9 nitrogen and oxygen atoms in total. The number of hydrogen-bond acceptors (Lipinski definition) is 9. The standard InChI is InChI=1S/C20H23N5O4/c1-26-15-8-6-5-7-13(15)11-21-20-24-18(12-22-25-20)23-14-9-16(27-2)19(29-4)17(10-14)28-3/h5-10,12H,11H2,1-4H3,(H2,21,23,24,25). The van der Waals surface area contributed by atoms with E-state index in [9.17, 15) is 0 Å². The largest absolute Gasteiger partial charge is 0.496 e. The van der Waals surface area contributed by atoms with Crippen LogP contribution in [0, 0.1) is 0 Å². The van der Waals surface area contributed by atoms with Crippen molar-refractivity contribution in [2.45, 2.75) is 6.54 Å². The van der Waals surface area contributed by atoms with Gasteiger partial charge in [-0.1, -0.05) is 18.2 Å². The predicted octanol–water partition coefficient (Wildman–Crippen LogP) is 3.26. The van der Waals surface area contributed by atoms with Crippen LogP contribution in [0.15, 0.2) is 42.6 Å². The fraction of sp³-hybridized carbons (Fsp3) is 0.250. The van der Waals surface area contributed by atoms with Crippen LogP contribution in [0.4, 0.5) is 17.5 Å². The summed E-state index contributed by atoms with van der Waals surface area (Å²) in [6, 6.07) is 11.3. The molecule has 2 aromatic carbocycles. The van der Waals surface area contributed by atoms with Crippen molar-refractivity contribution in [2.24, 2.45) is 0 Å². The summed E-state index contributed by atoms with van der Waals surface area (Å²) in [7, 11) is 6.32. The first-order valence-electron chi connectivity index (χ1n) is 8.81. The van der Waals surface area contributed by atoms with E-state index >= 15 is 0 Å². The second-order valence-corrected chi connectivity index (χ2v) is 5.87. The maximum absolute atomic E-state index is 5.37. The molecule has 0 saturated carbocycles. The van der Waals surface area contributed by atoms with E-state index in [0.29, 0.717) is 41.2 Å². The van der Waals surface area contributed by atoms with Crippen LogP contribution >= 0.6 is 0 Å². The number of benzene rings is 2. The van der Waals surface area contributed by atoms with Crippen LogP contribution in [-0.2, 0) is 6.54 Å². The number of methoxy groups -OCH3 is 4. The Labute approximate surface area is 169 Å². The predicted molar refractivity (Wildman–Crippen MR) is 110 cm³/mol. The minimum Gasteiger partial charge on any atom is -0.496 e. The molecule has 0 unspecified atom stereocenters. The van der Waals surface area contributed by atoms with Gasteiger partial charge >= 0.3 is 0 Å². The summed E-state index contributed by atoms with van der Waals surface area (Å²) in [6.45, 7) is 0.499. The third-order valence-corrected chi connectivity index (χ3v) is 4.13. The lowest BCUT2D eigenvalue weighted by molar-refractivity contribution is 0.324. The fourth-order valence-corrected chi connectivity index (χ4v) is 2.76. The van der Waals surface area contributed by atoms with Crippen molar-refractivity contribution >= 4 is 17.5 Å². The maximum atomic E-state index is 5.37. The van der Waals surface area contributed by atoms with Gasteiger partial charge in [0.25, 0.3) is 0 Å². The Bertz CT molecular complexity index is 942. The molecule has 152 valence electrons. The Hall–Kier alpha value is -3.75. The van der Waals surface area contributed by atoms with E-state index in [4.69, 9.17) is 18.9 Å². The molecule has 29 heavy (non-hydrogen) atoms. The van der Waals surface area contributed by atoms with Gasteiger partial charge in [-0.15, -0.1) is 5.10 Å². The molecule has 0 atom stereocenters.